The quantitative estimate of drug-likeness (QED) is 0.849. The van der Waals surface area contributed by atoms with Gasteiger partial charge in [0, 0.05) is 17.3 Å². The molecule has 0 aliphatic heterocycles. The fourth-order valence-corrected chi connectivity index (χ4v) is 4.74. The summed E-state index contributed by atoms with van der Waals surface area (Å²) >= 11 is 1.71. The van der Waals surface area contributed by atoms with Crippen LogP contribution < -0.4 is 5.32 Å². The number of carbonyl (C=O) groups is 2. The molecule has 1 aromatic rings. The summed E-state index contributed by atoms with van der Waals surface area (Å²) < 4.78 is 0. The first-order valence-electron chi connectivity index (χ1n) is 7.69. The van der Waals surface area contributed by atoms with E-state index in [2.05, 4.69) is 11.4 Å². The van der Waals surface area contributed by atoms with E-state index in [-0.39, 0.29) is 23.8 Å². The number of rotatable bonds is 6. The van der Waals surface area contributed by atoms with Crippen LogP contribution in [0.25, 0.3) is 0 Å². The van der Waals surface area contributed by atoms with Crippen molar-refractivity contribution in [3.63, 3.8) is 0 Å². The van der Waals surface area contributed by atoms with E-state index >= 15 is 0 Å². The Kier molecular flexibility index (Phi) is 4.29. The van der Waals surface area contributed by atoms with Crippen molar-refractivity contribution in [1.82, 2.24) is 5.32 Å². The Balaban J connectivity index is 1.49. The van der Waals surface area contributed by atoms with Crippen molar-refractivity contribution in [3.05, 3.63) is 22.4 Å². The van der Waals surface area contributed by atoms with Crippen LogP contribution in [0, 0.1) is 17.8 Å². The first-order chi connectivity index (χ1) is 10.1. The molecule has 2 bridgehead atoms. The molecule has 114 valence electrons. The highest BCUT2D eigenvalue weighted by Gasteiger charge is 2.51. The van der Waals surface area contributed by atoms with Crippen molar-refractivity contribution in [2.75, 3.05) is 0 Å². The number of carboxylic acid groups (broad SMARTS) is 1. The maximum atomic E-state index is 12.1. The first kappa shape index (κ1) is 14.6. The molecule has 2 aliphatic carbocycles. The third-order valence-corrected chi connectivity index (χ3v) is 5.87. The van der Waals surface area contributed by atoms with E-state index in [0.717, 1.165) is 32.1 Å². The molecular formula is C16H21NO3S. The lowest BCUT2D eigenvalue weighted by molar-refractivity contribution is -0.144. The van der Waals surface area contributed by atoms with Crippen molar-refractivity contribution in [1.29, 1.82) is 0 Å². The van der Waals surface area contributed by atoms with Gasteiger partial charge >= 0.3 is 5.97 Å². The molecule has 5 heteroatoms. The Morgan fingerprint density at radius 2 is 2.14 bits per heavy atom. The average molecular weight is 307 g/mol. The molecule has 2 saturated carbocycles. The molecule has 21 heavy (non-hydrogen) atoms. The number of thiophene rings is 1. The third kappa shape index (κ3) is 3.12. The van der Waals surface area contributed by atoms with E-state index < -0.39 is 5.97 Å². The number of fused-ring (bicyclic) bond motifs is 2. The van der Waals surface area contributed by atoms with E-state index in [1.165, 1.54) is 4.88 Å². The number of aliphatic carboxylic acids is 1. The summed E-state index contributed by atoms with van der Waals surface area (Å²) in [6, 6.07) is 3.96. The standard InChI is InChI=1S/C16H21NO3S/c18-13(5-1-3-12-4-2-8-21-12)17-15-11-7-6-10(9-11)14(15)16(19)20/h2,4,8,10-11,14-15H,1,3,5-7,9H2,(H,17,18)(H,19,20). The molecule has 1 heterocycles. The minimum absolute atomic E-state index is 0.00959. The average Bonchev–Trinajstić information content (AvgIpc) is 3.14. The van der Waals surface area contributed by atoms with Gasteiger partial charge in [-0.2, -0.15) is 0 Å². The molecule has 1 amide bonds. The van der Waals surface area contributed by atoms with Crippen LogP contribution in [0.5, 0.6) is 0 Å². The number of carboxylic acids is 1. The van der Waals surface area contributed by atoms with Crippen molar-refractivity contribution < 1.29 is 14.7 Å². The summed E-state index contributed by atoms with van der Waals surface area (Å²) in [7, 11) is 0. The zero-order chi connectivity index (χ0) is 14.8. The minimum Gasteiger partial charge on any atom is -0.481 e. The van der Waals surface area contributed by atoms with Gasteiger partial charge in [0.15, 0.2) is 0 Å². The zero-order valence-electron chi connectivity index (χ0n) is 12.0. The molecule has 0 radical (unpaired) electrons. The highest BCUT2D eigenvalue weighted by atomic mass is 32.1. The molecule has 0 aromatic carbocycles. The maximum Gasteiger partial charge on any atom is 0.308 e. The number of hydrogen-bond donors (Lipinski definition) is 2. The Morgan fingerprint density at radius 1 is 1.33 bits per heavy atom. The normalized spacial score (nSPS) is 30.5. The topological polar surface area (TPSA) is 66.4 Å². The molecule has 1 aromatic heterocycles. The molecule has 4 nitrogen and oxygen atoms in total. The number of nitrogens with one attached hydrogen (secondary N) is 1. The summed E-state index contributed by atoms with van der Waals surface area (Å²) in [5.41, 5.74) is 0. The number of hydrogen-bond acceptors (Lipinski definition) is 3. The van der Waals surface area contributed by atoms with Gasteiger partial charge in [0.25, 0.3) is 0 Å². The SMILES string of the molecule is O=C(CCCc1cccs1)NC1C2CCC(C2)C1C(=O)O. The van der Waals surface area contributed by atoms with Gasteiger partial charge in [0.2, 0.25) is 5.91 Å². The van der Waals surface area contributed by atoms with Gasteiger partial charge in [-0.25, -0.2) is 0 Å². The molecular weight excluding hydrogens is 286 g/mol. The second-order valence-corrected chi connectivity index (χ2v) is 7.26. The minimum atomic E-state index is -0.744. The van der Waals surface area contributed by atoms with Crippen molar-refractivity contribution in [2.45, 2.75) is 44.6 Å². The lowest BCUT2D eigenvalue weighted by Gasteiger charge is -2.28. The van der Waals surface area contributed by atoms with Gasteiger partial charge in [-0.3, -0.25) is 9.59 Å². The van der Waals surface area contributed by atoms with Crippen LogP contribution in [-0.4, -0.2) is 23.0 Å². The molecule has 4 atom stereocenters. The van der Waals surface area contributed by atoms with E-state index in [9.17, 15) is 14.7 Å². The van der Waals surface area contributed by atoms with E-state index in [0.29, 0.717) is 12.3 Å². The van der Waals surface area contributed by atoms with Crippen molar-refractivity contribution >= 4 is 23.2 Å². The monoisotopic (exact) mass is 307 g/mol. The highest BCUT2D eigenvalue weighted by Crippen LogP contribution is 2.48. The number of aryl methyl sites for hydroxylation is 1. The lowest BCUT2D eigenvalue weighted by Crippen LogP contribution is -2.46. The van der Waals surface area contributed by atoms with Crippen LogP contribution in [-0.2, 0) is 16.0 Å². The molecule has 4 unspecified atom stereocenters. The van der Waals surface area contributed by atoms with Crippen molar-refractivity contribution in [2.24, 2.45) is 17.8 Å². The Bertz CT molecular complexity index is 514. The zero-order valence-corrected chi connectivity index (χ0v) is 12.8. The van der Waals surface area contributed by atoms with Gasteiger partial charge in [0.1, 0.15) is 0 Å². The summed E-state index contributed by atoms with van der Waals surface area (Å²) in [5, 5.41) is 14.4. The van der Waals surface area contributed by atoms with Crippen LogP contribution in [0.15, 0.2) is 17.5 Å². The van der Waals surface area contributed by atoms with E-state index in [1.807, 2.05) is 11.4 Å². The maximum absolute atomic E-state index is 12.1. The van der Waals surface area contributed by atoms with Crippen LogP contribution in [0.3, 0.4) is 0 Å². The largest absolute Gasteiger partial charge is 0.481 e. The van der Waals surface area contributed by atoms with E-state index in [1.54, 1.807) is 11.3 Å². The smallest absolute Gasteiger partial charge is 0.308 e. The second kappa shape index (κ2) is 6.18. The highest BCUT2D eigenvalue weighted by molar-refractivity contribution is 7.09. The summed E-state index contributed by atoms with van der Waals surface area (Å²) in [4.78, 5) is 24.8. The molecule has 2 N–H and O–H groups in total. The van der Waals surface area contributed by atoms with Crippen LogP contribution in [0.4, 0.5) is 0 Å². The second-order valence-electron chi connectivity index (χ2n) is 6.22. The van der Waals surface area contributed by atoms with Crippen LogP contribution in [0.1, 0.15) is 37.0 Å². The van der Waals surface area contributed by atoms with Crippen molar-refractivity contribution in [3.8, 4) is 0 Å². The van der Waals surface area contributed by atoms with Gasteiger partial charge in [-0.1, -0.05) is 6.07 Å². The Labute approximate surface area is 128 Å². The molecule has 0 spiro atoms. The van der Waals surface area contributed by atoms with Gasteiger partial charge in [-0.05, 0) is 55.4 Å². The molecule has 0 saturated heterocycles. The van der Waals surface area contributed by atoms with E-state index in [4.69, 9.17) is 0 Å². The predicted molar refractivity (Wildman–Crippen MR) is 81.1 cm³/mol. The predicted octanol–water partition coefficient (Wildman–Crippen LogP) is 2.69. The van der Waals surface area contributed by atoms with Crippen LogP contribution >= 0.6 is 11.3 Å². The Hall–Kier alpha value is -1.36. The first-order valence-corrected chi connectivity index (χ1v) is 8.57. The molecule has 2 aliphatic rings. The van der Waals surface area contributed by atoms with Gasteiger partial charge in [0.05, 0.1) is 5.92 Å². The van der Waals surface area contributed by atoms with Crippen LogP contribution in [0.2, 0.25) is 0 Å². The molecule has 2 fully saturated rings. The summed E-state index contributed by atoms with van der Waals surface area (Å²) in [5.74, 6) is -0.465. The molecule has 3 rings (SSSR count). The Morgan fingerprint density at radius 3 is 2.86 bits per heavy atom. The van der Waals surface area contributed by atoms with Gasteiger partial charge in [-0.15, -0.1) is 11.3 Å². The third-order valence-electron chi connectivity index (χ3n) is 4.94. The number of carbonyl (C=O) groups excluding carboxylic acids is 1. The fraction of sp³-hybridized carbons (Fsp3) is 0.625. The fourth-order valence-electron chi connectivity index (χ4n) is 3.99. The number of amides is 1. The van der Waals surface area contributed by atoms with Gasteiger partial charge < -0.3 is 10.4 Å². The summed E-state index contributed by atoms with van der Waals surface area (Å²) in [6.07, 6.45) is 5.27. The summed E-state index contributed by atoms with van der Waals surface area (Å²) in [6.45, 7) is 0. The lowest BCUT2D eigenvalue weighted by atomic mass is 9.84.